The highest BCUT2D eigenvalue weighted by atomic mass is 16.2. The third-order valence-electron chi connectivity index (χ3n) is 4.53. The molecule has 2 heterocycles. The van der Waals surface area contributed by atoms with Gasteiger partial charge in [0.1, 0.15) is 5.82 Å². The fourth-order valence-corrected chi connectivity index (χ4v) is 3.13. The van der Waals surface area contributed by atoms with E-state index in [0.717, 1.165) is 12.8 Å². The van der Waals surface area contributed by atoms with Gasteiger partial charge in [0.15, 0.2) is 11.2 Å². The number of unbranched alkanes of at least 4 members (excludes halogenated alkanes) is 1. The first-order valence-corrected chi connectivity index (χ1v) is 10.2. The third kappa shape index (κ3) is 5.33. The average molecular weight is 392 g/mol. The molecule has 1 amide bonds. The van der Waals surface area contributed by atoms with E-state index in [2.05, 4.69) is 29.1 Å². The third-order valence-corrected chi connectivity index (χ3v) is 4.53. The zero-order valence-electron chi connectivity index (χ0n) is 17.7. The number of aryl methyl sites for hydroxylation is 2. The molecular weight excluding hydrogens is 358 g/mol. The van der Waals surface area contributed by atoms with Crippen LogP contribution < -0.4 is 16.6 Å². The van der Waals surface area contributed by atoms with Gasteiger partial charge in [-0.25, -0.2) is 9.78 Å². The number of hydrogen-bond donors (Lipinski definition) is 2. The van der Waals surface area contributed by atoms with Crippen LogP contribution in [-0.4, -0.2) is 31.6 Å². The Bertz CT molecular complexity index is 920. The summed E-state index contributed by atoms with van der Waals surface area (Å²) >= 11 is 0. The molecule has 0 unspecified atom stereocenters. The van der Waals surface area contributed by atoms with Crippen molar-refractivity contribution in [2.24, 2.45) is 11.8 Å². The van der Waals surface area contributed by atoms with Crippen LogP contribution in [-0.2, 0) is 24.3 Å². The first kappa shape index (κ1) is 21.9. The molecule has 2 rings (SSSR count). The van der Waals surface area contributed by atoms with E-state index in [-0.39, 0.29) is 5.91 Å². The van der Waals surface area contributed by atoms with Crippen molar-refractivity contribution in [2.75, 3.05) is 6.54 Å². The second kappa shape index (κ2) is 9.71. The van der Waals surface area contributed by atoms with E-state index < -0.39 is 11.2 Å². The van der Waals surface area contributed by atoms with E-state index in [4.69, 9.17) is 0 Å². The summed E-state index contributed by atoms with van der Waals surface area (Å²) < 4.78 is 3.41. The van der Waals surface area contributed by atoms with Gasteiger partial charge in [-0.05, 0) is 18.3 Å². The zero-order chi connectivity index (χ0) is 20.8. The maximum Gasteiger partial charge on any atom is 0.330 e. The van der Waals surface area contributed by atoms with Gasteiger partial charge in [0, 0.05) is 32.5 Å². The fourth-order valence-electron chi connectivity index (χ4n) is 3.13. The van der Waals surface area contributed by atoms with Gasteiger partial charge in [0.25, 0.3) is 5.56 Å². The minimum absolute atomic E-state index is 0.0332. The van der Waals surface area contributed by atoms with Gasteiger partial charge >= 0.3 is 5.69 Å². The number of aromatic nitrogens is 4. The summed E-state index contributed by atoms with van der Waals surface area (Å²) in [5.74, 6) is 1.32. The first-order chi connectivity index (χ1) is 13.2. The summed E-state index contributed by atoms with van der Waals surface area (Å²) in [5.41, 5.74) is -0.0137. The molecule has 0 aliphatic carbocycles. The molecule has 0 bridgehead atoms. The van der Waals surface area contributed by atoms with Crippen molar-refractivity contribution in [1.29, 1.82) is 0 Å². The molecule has 0 fully saturated rings. The summed E-state index contributed by atoms with van der Waals surface area (Å²) in [6.45, 7) is 12.0. The Labute approximate surface area is 165 Å². The average Bonchev–Trinajstić information content (AvgIpc) is 2.96. The van der Waals surface area contributed by atoms with Crippen LogP contribution in [0.1, 0.15) is 59.7 Å². The molecule has 0 saturated carbocycles. The number of hydrogen-bond acceptors (Lipinski definition) is 4. The standard InChI is InChI=1S/C20H33N5O3/c1-6-7-10-24-18-17(19(27)23-20(24)28)25(12-14(4)5)15(22-18)8-9-16(26)21-11-13(2)3/h13-14H,6-12H2,1-5H3,(H,21,26)(H,23,27,28). The quantitative estimate of drug-likeness (QED) is 0.647. The highest BCUT2D eigenvalue weighted by molar-refractivity contribution is 5.76. The summed E-state index contributed by atoms with van der Waals surface area (Å²) in [5, 5.41) is 2.91. The number of carbonyl (C=O) groups excluding carboxylic acids is 1. The predicted octanol–water partition coefficient (Wildman–Crippen LogP) is 2.05. The van der Waals surface area contributed by atoms with Crippen LogP contribution in [0.3, 0.4) is 0 Å². The summed E-state index contributed by atoms with van der Waals surface area (Å²) in [6, 6.07) is 0. The monoisotopic (exact) mass is 391 g/mol. The Balaban J connectivity index is 2.43. The number of imidazole rings is 1. The number of fused-ring (bicyclic) bond motifs is 1. The molecule has 0 atom stereocenters. The second-order valence-corrected chi connectivity index (χ2v) is 8.17. The van der Waals surface area contributed by atoms with Gasteiger partial charge in [-0.1, -0.05) is 41.0 Å². The lowest BCUT2D eigenvalue weighted by Crippen LogP contribution is -2.31. The van der Waals surface area contributed by atoms with E-state index in [9.17, 15) is 14.4 Å². The lowest BCUT2D eigenvalue weighted by atomic mass is 10.2. The van der Waals surface area contributed by atoms with Gasteiger partial charge in [0.05, 0.1) is 0 Å². The number of amides is 1. The molecule has 0 saturated heterocycles. The normalized spacial score (nSPS) is 11.7. The Morgan fingerprint density at radius 3 is 2.46 bits per heavy atom. The van der Waals surface area contributed by atoms with E-state index in [1.807, 2.05) is 25.3 Å². The first-order valence-electron chi connectivity index (χ1n) is 10.2. The smallest absolute Gasteiger partial charge is 0.330 e. The van der Waals surface area contributed by atoms with Gasteiger partial charge in [-0.3, -0.25) is 19.1 Å². The van der Waals surface area contributed by atoms with E-state index in [1.54, 1.807) is 4.57 Å². The zero-order valence-corrected chi connectivity index (χ0v) is 17.7. The Morgan fingerprint density at radius 2 is 1.86 bits per heavy atom. The molecule has 0 aliphatic heterocycles. The van der Waals surface area contributed by atoms with Gasteiger partial charge < -0.3 is 9.88 Å². The number of rotatable bonds is 10. The molecule has 2 aromatic heterocycles. The van der Waals surface area contributed by atoms with E-state index >= 15 is 0 Å². The molecule has 0 aliphatic rings. The van der Waals surface area contributed by atoms with E-state index in [1.165, 1.54) is 0 Å². The maximum absolute atomic E-state index is 12.5. The van der Waals surface area contributed by atoms with Crippen LogP contribution in [0.5, 0.6) is 0 Å². The predicted molar refractivity (Wildman–Crippen MR) is 111 cm³/mol. The number of nitrogens with zero attached hydrogens (tertiary/aromatic N) is 3. The van der Waals surface area contributed by atoms with Crippen LogP contribution in [0.15, 0.2) is 9.59 Å². The second-order valence-electron chi connectivity index (χ2n) is 8.17. The molecule has 2 N–H and O–H groups in total. The van der Waals surface area contributed by atoms with Crippen molar-refractivity contribution in [3.05, 3.63) is 26.7 Å². The van der Waals surface area contributed by atoms with Crippen LogP contribution in [0.4, 0.5) is 0 Å². The molecule has 0 radical (unpaired) electrons. The van der Waals surface area contributed by atoms with Crippen LogP contribution in [0.25, 0.3) is 11.2 Å². The van der Waals surface area contributed by atoms with Crippen molar-refractivity contribution in [1.82, 2.24) is 24.4 Å². The highest BCUT2D eigenvalue weighted by Crippen LogP contribution is 2.16. The van der Waals surface area contributed by atoms with Crippen LogP contribution >= 0.6 is 0 Å². The number of H-pyrrole nitrogens is 1. The van der Waals surface area contributed by atoms with Gasteiger partial charge in [-0.15, -0.1) is 0 Å². The minimum Gasteiger partial charge on any atom is -0.356 e. The number of nitrogens with one attached hydrogen (secondary N) is 2. The van der Waals surface area contributed by atoms with Crippen molar-refractivity contribution >= 4 is 17.1 Å². The lowest BCUT2D eigenvalue weighted by Gasteiger charge is -2.12. The molecule has 8 nitrogen and oxygen atoms in total. The topological polar surface area (TPSA) is 102 Å². The van der Waals surface area contributed by atoms with E-state index in [0.29, 0.717) is 61.3 Å². The molecule has 0 aromatic carbocycles. The van der Waals surface area contributed by atoms with Gasteiger partial charge in [0.2, 0.25) is 5.91 Å². The fraction of sp³-hybridized carbons (Fsp3) is 0.700. The summed E-state index contributed by atoms with van der Waals surface area (Å²) in [6.07, 6.45) is 2.48. The van der Waals surface area contributed by atoms with Crippen molar-refractivity contribution in [2.45, 2.75) is 73.4 Å². The number of aromatic amines is 1. The minimum atomic E-state index is -0.429. The number of carbonyl (C=O) groups is 1. The highest BCUT2D eigenvalue weighted by Gasteiger charge is 2.19. The lowest BCUT2D eigenvalue weighted by molar-refractivity contribution is -0.121. The molecule has 8 heteroatoms. The Hall–Kier alpha value is -2.38. The molecular formula is C20H33N5O3. The van der Waals surface area contributed by atoms with Crippen molar-refractivity contribution < 1.29 is 4.79 Å². The van der Waals surface area contributed by atoms with Gasteiger partial charge in [-0.2, -0.15) is 0 Å². The summed E-state index contributed by atoms with van der Waals surface area (Å²) in [7, 11) is 0. The Kier molecular flexibility index (Phi) is 7.60. The van der Waals surface area contributed by atoms with Crippen molar-refractivity contribution in [3.8, 4) is 0 Å². The summed E-state index contributed by atoms with van der Waals surface area (Å²) in [4.78, 5) is 44.0. The molecule has 28 heavy (non-hydrogen) atoms. The molecule has 2 aromatic rings. The maximum atomic E-state index is 12.5. The molecule has 0 spiro atoms. The largest absolute Gasteiger partial charge is 0.356 e. The van der Waals surface area contributed by atoms with Crippen LogP contribution in [0.2, 0.25) is 0 Å². The van der Waals surface area contributed by atoms with Crippen LogP contribution in [0, 0.1) is 11.8 Å². The Morgan fingerprint density at radius 1 is 1.14 bits per heavy atom. The van der Waals surface area contributed by atoms with Crippen molar-refractivity contribution in [3.63, 3.8) is 0 Å². The SMILES string of the molecule is CCCCn1c(=O)[nH]c(=O)c2c1nc(CCC(=O)NCC(C)C)n2CC(C)C. The molecule has 156 valence electrons.